The Hall–Kier alpha value is -3.20. The lowest BCUT2D eigenvalue weighted by Gasteiger charge is -2.28. The lowest BCUT2D eigenvalue weighted by molar-refractivity contribution is 0.0538. The molecule has 9 heteroatoms. The number of hydrogen-bond donors (Lipinski definition) is 1. The summed E-state index contributed by atoms with van der Waals surface area (Å²) >= 11 is 0. The first kappa shape index (κ1) is 21.6. The van der Waals surface area contributed by atoms with Gasteiger partial charge in [-0.15, -0.1) is 0 Å². The summed E-state index contributed by atoms with van der Waals surface area (Å²) in [5.41, 5.74) is 2.45. The number of carbonyl (C=O) groups is 2. The van der Waals surface area contributed by atoms with E-state index in [9.17, 15) is 14.0 Å². The molecular weight excluding hydrogens is 427 g/mol. The predicted molar refractivity (Wildman–Crippen MR) is 119 cm³/mol. The van der Waals surface area contributed by atoms with E-state index in [2.05, 4.69) is 10.1 Å². The van der Waals surface area contributed by atoms with Crippen molar-refractivity contribution in [3.05, 3.63) is 52.3 Å². The van der Waals surface area contributed by atoms with E-state index in [0.29, 0.717) is 48.5 Å². The fourth-order valence-corrected chi connectivity index (χ4v) is 4.77. The van der Waals surface area contributed by atoms with Gasteiger partial charge in [0.15, 0.2) is 5.69 Å². The lowest BCUT2D eigenvalue weighted by atomic mass is 10.0. The van der Waals surface area contributed by atoms with Crippen molar-refractivity contribution in [1.29, 1.82) is 0 Å². The Kier molecular flexibility index (Phi) is 5.23. The first-order valence-electron chi connectivity index (χ1n) is 11.2. The lowest BCUT2D eigenvalue weighted by Crippen LogP contribution is -2.43. The van der Waals surface area contributed by atoms with Crippen LogP contribution in [0.2, 0.25) is 0 Å². The summed E-state index contributed by atoms with van der Waals surface area (Å²) in [5, 5.41) is 4.90. The number of hydrogen-bond acceptors (Lipinski definition) is 5. The molecule has 3 aromatic rings. The Morgan fingerprint density at radius 2 is 2.12 bits per heavy atom. The fourth-order valence-electron chi connectivity index (χ4n) is 4.77. The van der Waals surface area contributed by atoms with E-state index in [1.807, 2.05) is 6.92 Å². The number of fused-ring (bicyclic) bond motifs is 2. The summed E-state index contributed by atoms with van der Waals surface area (Å²) in [5.74, 6) is -0.122. The number of aryl methyl sites for hydroxylation is 1. The Labute approximate surface area is 190 Å². The Balaban J connectivity index is 1.39. The van der Waals surface area contributed by atoms with Crippen LogP contribution in [0.5, 0.6) is 0 Å². The first-order valence-corrected chi connectivity index (χ1v) is 11.2. The number of benzene rings is 1. The Morgan fingerprint density at radius 1 is 1.33 bits per heavy atom. The van der Waals surface area contributed by atoms with Crippen LogP contribution in [0, 0.1) is 5.82 Å². The molecule has 33 heavy (non-hydrogen) atoms. The third-order valence-electron chi connectivity index (χ3n) is 6.97. The van der Waals surface area contributed by atoms with Gasteiger partial charge in [-0.05, 0) is 43.0 Å². The van der Waals surface area contributed by atoms with Gasteiger partial charge >= 0.3 is 0 Å². The molecule has 0 spiro atoms. The molecule has 2 aromatic heterocycles. The monoisotopic (exact) mass is 454 g/mol. The van der Waals surface area contributed by atoms with Gasteiger partial charge < -0.3 is 24.0 Å². The molecule has 1 aliphatic heterocycles. The highest BCUT2D eigenvalue weighted by atomic mass is 19.1. The predicted octanol–water partition coefficient (Wildman–Crippen LogP) is 3.31. The van der Waals surface area contributed by atoms with Crippen LogP contribution in [0.25, 0.3) is 10.9 Å². The van der Waals surface area contributed by atoms with Gasteiger partial charge in [-0.25, -0.2) is 4.39 Å². The van der Waals surface area contributed by atoms with Crippen molar-refractivity contribution >= 4 is 22.7 Å². The van der Waals surface area contributed by atoms with Crippen LogP contribution in [0.3, 0.4) is 0 Å². The van der Waals surface area contributed by atoms with E-state index in [1.165, 1.54) is 12.1 Å². The van der Waals surface area contributed by atoms with Crippen LogP contribution in [-0.2, 0) is 24.1 Å². The molecule has 0 saturated heterocycles. The van der Waals surface area contributed by atoms with Crippen LogP contribution >= 0.6 is 0 Å². The van der Waals surface area contributed by atoms with Crippen LogP contribution < -0.4 is 0 Å². The van der Waals surface area contributed by atoms with Gasteiger partial charge in [0.1, 0.15) is 17.3 Å². The molecular formula is C24H27FN4O4. The van der Waals surface area contributed by atoms with E-state index in [1.54, 1.807) is 30.0 Å². The minimum atomic E-state index is -0.332. The molecule has 174 valence electrons. The average Bonchev–Trinajstić information content (AvgIpc) is 3.28. The molecule has 1 fully saturated rings. The fraction of sp³-hybridized carbons (Fsp3) is 0.458. The minimum absolute atomic E-state index is 0.203. The first-order chi connectivity index (χ1) is 15.9. The second kappa shape index (κ2) is 7.98. The zero-order chi connectivity index (χ0) is 23.3. The van der Waals surface area contributed by atoms with E-state index >= 15 is 0 Å². The maximum Gasteiger partial charge on any atom is 0.276 e. The van der Waals surface area contributed by atoms with Crippen LogP contribution in [-0.4, -0.2) is 64.6 Å². The highest BCUT2D eigenvalue weighted by Crippen LogP contribution is 2.42. The van der Waals surface area contributed by atoms with Gasteiger partial charge in [-0.1, -0.05) is 12.1 Å². The number of ether oxygens (including phenoxy) is 1. The molecule has 2 aliphatic rings. The van der Waals surface area contributed by atoms with Gasteiger partial charge in [-0.2, -0.15) is 0 Å². The van der Waals surface area contributed by atoms with Gasteiger partial charge in [-0.3, -0.25) is 9.59 Å². The molecule has 0 unspecified atom stereocenters. The highest BCUT2D eigenvalue weighted by Gasteiger charge is 2.49. The molecule has 1 aromatic carbocycles. The number of aromatic nitrogens is 2. The topological polar surface area (TPSA) is 91.7 Å². The number of amides is 2. The zero-order valence-corrected chi connectivity index (χ0v) is 19.0. The van der Waals surface area contributed by atoms with E-state index in [0.717, 1.165) is 23.8 Å². The summed E-state index contributed by atoms with van der Waals surface area (Å²) in [6, 6.07) is 4.68. The molecule has 0 bridgehead atoms. The van der Waals surface area contributed by atoms with Gasteiger partial charge in [0.2, 0.25) is 0 Å². The smallest absolute Gasteiger partial charge is 0.276 e. The highest BCUT2D eigenvalue weighted by molar-refractivity contribution is 5.99. The number of nitrogens with one attached hydrogen (secondary N) is 1. The van der Waals surface area contributed by atoms with Crippen molar-refractivity contribution in [2.24, 2.45) is 0 Å². The summed E-state index contributed by atoms with van der Waals surface area (Å²) < 4.78 is 24.7. The van der Waals surface area contributed by atoms with Gasteiger partial charge in [0, 0.05) is 43.6 Å². The molecule has 5 rings (SSSR count). The van der Waals surface area contributed by atoms with Crippen molar-refractivity contribution < 1.29 is 23.2 Å². The second-order valence-electron chi connectivity index (χ2n) is 8.99. The molecule has 8 nitrogen and oxygen atoms in total. The minimum Gasteiger partial charge on any atom is -0.382 e. The second-order valence-corrected chi connectivity index (χ2v) is 8.99. The summed E-state index contributed by atoms with van der Waals surface area (Å²) in [6.07, 6.45) is 2.91. The molecule has 1 saturated carbocycles. The normalized spacial score (nSPS) is 16.7. The summed E-state index contributed by atoms with van der Waals surface area (Å²) in [7, 11) is 3.39. The number of rotatable bonds is 6. The number of carbonyl (C=O) groups excluding carboxylic acids is 2. The number of aromatic amines is 1. The van der Waals surface area contributed by atoms with Crippen LogP contribution in [0.15, 0.2) is 22.7 Å². The van der Waals surface area contributed by atoms with Gasteiger partial charge in [0.25, 0.3) is 11.8 Å². The number of nitrogens with zero attached hydrogens (tertiary/aromatic N) is 3. The van der Waals surface area contributed by atoms with Crippen LogP contribution in [0.1, 0.15) is 57.6 Å². The third-order valence-corrected chi connectivity index (χ3v) is 6.97. The number of likely N-dealkylation sites (N-methyl/N-ethyl adjacent to an activating group) is 1. The summed E-state index contributed by atoms with van der Waals surface area (Å²) in [6.45, 7) is 3.10. The Bertz CT molecular complexity index is 1240. The van der Waals surface area contributed by atoms with Crippen LogP contribution in [0.4, 0.5) is 4.39 Å². The maximum atomic E-state index is 13.9. The maximum absolute atomic E-state index is 13.9. The van der Waals surface area contributed by atoms with E-state index in [4.69, 9.17) is 9.26 Å². The van der Waals surface area contributed by atoms with Gasteiger partial charge in [0.05, 0.1) is 18.7 Å². The standard InChI is InChI=1S/C24H27FN4O4/c1-4-14-9-15(25)10-18-16(14)11-19(26-18)22(30)29-8-5-20-17(12-29)21(27-33-20)23(31)28(2)24(6-7-24)13-32-3/h9-11,26H,4-8,12-13H2,1-3H3. The van der Waals surface area contributed by atoms with E-state index in [-0.39, 0.29) is 35.4 Å². The third kappa shape index (κ3) is 3.60. The number of H-pyrrole nitrogens is 1. The molecule has 2 amide bonds. The quantitative estimate of drug-likeness (QED) is 0.617. The Morgan fingerprint density at radius 3 is 2.82 bits per heavy atom. The molecule has 1 aliphatic carbocycles. The van der Waals surface area contributed by atoms with Crippen molar-refractivity contribution in [3.63, 3.8) is 0 Å². The van der Waals surface area contributed by atoms with Crippen molar-refractivity contribution in [1.82, 2.24) is 19.9 Å². The molecule has 0 atom stereocenters. The SMILES string of the molecule is CCc1cc(F)cc2[nH]c(C(=O)N3CCc4onc(C(=O)N(C)C5(COC)CC5)c4C3)cc12. The number of methoxy groups -OCH3 is 1. The van der Waals surface area contributed by atoms with Crippen molar-refractivity contribution in [3.8, 4) is 0 Å². The largest absolute Gasteiger partial charge is 0.382 e. The zero-order valence-electron chi connectivity index (χ0n) is 19.0. The average molecular weight is 455 g/mol. The number of halogens is 1. The van der Waals surface area contributed by atoms with Crippen molar-refractivity contribution in [2.75, 3.05) is 27.3 Å². The molecule has 3 heterocycles. The summed E-state index contributed by atoms with van der Waals surface area (Å²) in [4.78, 5) is 32.9. The van der Waals surface area contributed by atoms with Crippen molar-refractivity contribution in [2.45, 2.75) is 44.7 Å². The van der Waals surface area contributed by atoms with E-state index < -0.39 is 0 Å². The molecule has 1 N–H and O–H groups in total. The molecule has 0 radical (unpaired) electrons.